The monoisotopic (exact) mass is 470 g/mol. The van der Waals surface area contributed by atoms with Gasteiger partial charge in [-0.3, -0.25) is 4.90 Å². The van der Waals surface area contributed by atoms with Crippen LogP contribution in [0, 0.1) is 0 Å². The van der Waals surface area contributed by atoms with Crippen LogP contribution in [-0.4, -0.2) is 64.8 Å². The van der Waals surface area contributed by atoms with Crippen molar-refractivity contribution in [2.75, 3.05) is 47.8 Å². The molecule has 0 saturated carbocycles. The highest BCUT2D eigenvalue weighted by Crippen LogP contribution is 2.29. The van der Waals surface area contributed by atoms with Crippen molar-refractivity contribution >= 4 is 23.0 Å². The number of aromatic nitrogens is 2. The second kappa shape index (κ2) is 9.84. The van der Waals surface area contributed by atoms with Gasteiger partial charge in [0.05, 0.1) is 6.10 Å². The molecule has 2 atom stereocenters. The Labute approximate surface area is 207 Å². The fraction of sp³-hybridized carbons (Fsp3) is 0.429. The number of hydrogen-bond donors (Lipinski definition) is 2. The normalized spacial score (nSPS) is 22.8. The van der Waals surface area contributed by atoms with E-state index in [9.17, 15) is 5.11 Å². The van der Waals surface area contributed by atoms with Crippen LogP contribution < -0.4 is 15.1 Å². The molecule has 2 N–H and O–H groups in total. The highest BCUT2D eigenvalue weighted by atomic mass is 16.3. The van der Waals surface area contributed by atoms with Crippen molar-refractivity contribution in [1.82, 2.24) is 14.9 Å². The van der Waals surface area contributed by atoms with Crippen molar-refractivity contribution in [3.8, 4) is 0 Å². The summed E-state index contributed by atoms with van der Waals surface area (Å²) in [4.78, 5) is 16.1. The molecule has 2 unspecified atom stereocenters. The number of aliphatic hydroxyl groups excluding tert-OH is 1. The lowest BCUT2D eigenvalue weighted by molar-refractivity contribution is 0.0293. The third-order valence-corrected chi connectivity index (χ3v) is 7.74. The van der Waals surface area contributed by atoms with E-state index in [4.69, 9.17) is 0 Å². The molecule has 3 aliphatic heterocycles. The standard InChI is InChI=1S/C28H34N6O/c35-26-19-34(15-11-25(26)33-14-10-21-6-1-2-7-22(21)18-33)28-17-27(29-20-30-28)31-23-8-5-9-24(16-23)32-12-3-4-13-32/h1-2,5-9,16-17,20,25-26,35H,3-4,10-15,18-19H2,(H,29,30,31). The Bertz CT molecular complexity index is 1160. The summed E-state index contributed by atoms with van der Waals surface area (Å²) in [6, 6.07) is 19.4. The quantitative estimate of drug-likeness (QED) is 0.588. The number of fused-ring (bicyclic) bond motifs is 1. The van der Waals surface area contributed by atoms with Crippen molar-refractivity contribution in [2.45, 2.75) is 44.4 Å². The van der Waals surface area contributed by atoms with E-state index in [1.54, 1.807) is 6.33 Å². The summed E-state index contributed by atoms with van der Waals surface area (Å²) < 4.78 is 0. The number of nitrogens with zero attached hydrogens (tertiary/aromatic N) is 5. The molecule has 0 bridgehead atoms. The molecule has 7 heteroatoms. The second-order valence-electron chi connectivity index (χ2n) is 9.99. The van der Waals surface area contributed by atoms with Crippen LogP contribution in [0.4, 0.5) is 23.0 Å². The summed E-state index contributed by atoms with van der Waals surface area (Å²) in [5.41, 5.74) is 5.13. The van der Waals surface area contributed by atoms with Gasteiger partial charge in [0, 0.05) is 62.8 Å². The number of aliphatic hydroxyl groups is 1. The maximum Gasteiger partial charge on any atom is 0.135 e. The van der Waals surface area contributed by atoms with Gasteiger partial charge in [0.25, 0.3) is 0 Å². The Morgan fingerprint density at radius 3 is 2.57 bits per heavy atom. The fourth-order valence-corrected chi connectivity index (χ4v) is 5.85. The van der Waals surface area contributed by atoms with Crippen molar-refractivity contribution in [3.05, 3.63) is 72.1 Å². The first-order chi connectivity index (χ1) is 17.2. The van der Waals surface area contributed by atoms with E-state index < -0.39 is 6.10 Å². The maximum atomic E-state index is 11.1. The molecule has 7 nitrogen and oxygen atoms in total. The SMILES string of the molecule is OC1CN(c2cc(Nc3cccc(N4CCCC4)c3)ncn2)CCC1N1CCc2ccccc2C1. The minimum atomic E-state index is -0.405. The Kier molecular flexibility index (Phi) is 6.27. The van der Waals surface area contributed by atoms with Crippen LogP contribution in [-0.2, 0) is 13.0 Å². The van der Waals surface area contributed by atoms with E-state index in [2.05, 4.69) is 78.5 Å². The number of rotatable bonds is 5. The van der Waals surface area contributed by atoms with Gasteiger partial charge in [-0.15, -0.1) is 0 Å². The first-order valence-corrected chi connectivity index (χ1v) is 12.9. The van der Waals surface area contributed by atoms with Crippen LogP contribution in [0.2, 0.25) is 0 Å². The lowest BCUT2D eigenvalue weighted by Gasteiger charge is -2.43. The van der Waals surface area contributed by atoms with E-state index in [0.717, 1.165) is 62.9 Å². The van der Waals surface area contributed by atoms with Crippen molar-refractivity contribution in [1.29, 1.82) is 0 Å². The van der Waals surface area contributed by atoms with Crippen molar-refractivity contribution in [3.63, 3.8) is 0 Å². The molecule has 2 aromatic carbocycles. The fourth-order valence-electron chi connectivity index (χ4n) is 5.85. The summed E-state index contributed by atoms with van der Waals surface area (Å²) in [5, 5.41) is 14.5. The molecule has 0 spiro atoms. The van der Waals surface area contributed by atoms with Gasteiger partial charge in [-0.2, -0.15) is 0 Å². The molecule has 2 fully saturated rings. The van der Waals surface area contributed by atoms with Crippen LogP contribution >= 0.6 is 0 Å². The predicted octanol–water partition coefficient (Wildman–Crippen LogP) is 3.82. The van der Waals surface area contributed by atoms with Gasteiger partial charge in [0.1, 0.15) is 18.0 Å². The molecule has 0 amide bonds. The first-order valence-electron chi connectivity index (χ1n) is 12.9. The number of anilines is 4. The first kappa shape index (κ1) is 22.3. The molecule has 6 rings (SSSR count). The number of hydrogen-bond acceptors (Lipinski definition) is 7. The molecule has 3 aliphatic rings. The molecule has 35 heavy (non-hydrogen) atoms. The van der Waals surface area contributed by atoms with Crippen LogP contribution in [0.25, 0.3) is 0 Å². The van der Waals surface area contributed by atoms with Gasteiger partial charge in [-0.05, 0) is 55.0 Å². The van der Waals surface area contributed by atoms with E-state index in [-0.39, 0.29) is 6.04 Å². The van der Waals surface area contributed by atoms with Crippen molar-refractivity contribution < 1.29 is 5.11 Å². The van der Waals surface area contributed by atoms with E-state index >= 15 is 0 Å². The third kappa shape index (κ3) is 4.83. The van der Waals surface area contributed by atoms with Crippen molar-refractivity contribution in [2.24, 2.45) is 0 Å². The zero-order chi connectivity index (χ0) is 23.6. The zero-order valence-electron chi connectivity index (χ0n) is 20.2. The smallest absolute Gasteiger partial charge is 0.135 e. The predicted molar refractivity (Wildman–Crippen MR) is 140 cm³/mol. The Morgan fingerprint density at radius 2 is 1.71 bits per heavy atom. The van der Waals surface area contributed by atoms with Gasteiger partial charge in [-0.1, -0.05) is 30.3 Å². The molecule has 2 saturated heterocycles. The molecule has 4 heterocycles. The van der Waals surface area contributed by atoms with Crippen LogP contribution in [0.5, 0.6) is 0 Å². The largest absolute Gasteiger partial charge is 0.390 e. The summed E-state index contributed by atoms with van der Waals surface area (Å²) in [7, 11) is 0. The summed E-state index contributed by atoms with van der Waals surface area (Å²) in [5.74, 6) is 1.64. The Balaban J connectivity index is 1.10. The van der Waals surface area contributed by atoms with Crippen LogP contribution in [0.1, 0.15) is 30.4 Å². The topological polar surface area (TPSA) is 67.8 Å². The number of benzene rings is 2. The number of piperidine rings is 1. The Morgan fingerprint density at radius 1 is 0.857 bits per heavy atom. The maximum absolute atomic E-state index is 11.1. The summed E-state index contributed by atoms with van der Waals surface area (Å²) in [6.07, 6.45) is 5.72. The molecule has 1 aromatic heterocycles. The molecule has 182 valence electrons. The minimum Gasteiger partial charge on any atom is -0.390 e. The van der Waals surface area contributed by atoms with Gasteiger partial charge >= 0.3 is 0 Å². The Hall–Kier alpha value is -3.16. The number of β-amino-alcohol motifs (C(OH)–C–C–N with tert-alkyl or cyclic N) is 1. The number of nitrogens with one attached hydrogen (secondary N) is 1. The molecule has 3 aromatic rings. The summed E-state index contributed by atoms with van der Waals surface area (Å²) >= 11 is 0. The second-order valence-corrected chi connectivity index (χ2v) is 9.99. The molecular formula is C28H34N6O. The highest BCUT2D eigenvalue weighted by molar-refractivity contribution is 5.65. The average molecular weight is 471 g/mol. The third-order valence-electron chi connectivity index (χ3n) is 7.74. The molecule has 0 aliphatic carbocycles. The van der Waals surface area contributed by atoms with Crippen LogP contribution in [0.15, 0.2) is 60.9 Å². The van der Waals surface area contributed by atoms with E-state index in [1.807, 2.05) is 6.07 Å². The minimum absolute atomic E-state index is 0.187. The van der Waals surface area contributed by atoms with E-state index in [0.29, 0.717) is 6.54 Å². The molecule has 0 radical (unpaired) electrons. The molecular weight excluding hydrogens is 436 g/mol. The van der Waals surface area contributed by atoms with Gasteiger partial charge in [0.15, 0.2) is 0 Å². The van der Waals surface area contributed by atoms with Crippen LogP contribution in [0.3, 0.4) is 0 Å². The average Bonchev–Trinajstić information content (AvgIpc) is 3.44. The lowest BCUT2D eigenvalue weighted by Crippen LogP contribution is -2.55. The summed E-state index contributed by atoms with van der Waals surface area (Å²) in [6.45, 7) is 5.66. The highest BCUT2D eigenvalue weighted by Gasteiger charge is 2.34. The van der Waals surface area contributed by atoms with Gasteiger partial charge in [-0.25, -0.2) is 9.97 Å². The lowest BCUT2D eigenvalue weighted by atomic mass is 9.94. The zero-order valence-corrected chi connectivity index (χ0v) is 20.2. The van der Waals surface area contributed by atoms with E-state index in [1.165, 1.54) is 29.7 Å². The van der Waals surface area contributed by atoms with Gasteiger partial charge in [0.2, 0.25) is 0 Å². The van der Waals surface area contributed by atoms with Gasteiger partial charge < -0.3 is 20.2 Å².